The first-order valence-electron chi connectivity index (χ1n) is 7.79. The summed E-state index contributed by atoms with van der Waals surface area (Å²) in [7, 11) is 0. The average molecular weight is 383 g/mol. The second-order valence-corrected chi connectivity index (χ2v) is 6.35. The first kappa shape index (κ1) is 18.3. The lowest BCUT2D eigenvalue weighted by molar-refractivity contribution is -0.137. The van der Waals surface area contributed by atoms with Crippen LogP contribution in [0.4, 0.5) is 24.5 Å². The minimum Gasteiger partial charge on any atom is -0.325 e. The number of halogens is 4. The number of anilines is 2. The largest absolute Gasteiger partial charge is 0.418 e. The summed E-state index contributed by atoms with van der Waals surface area (Å²) in [5.41, 5.74) is -0.754. The molecule has 2 amide bonds. The van der Waals surface area contributed by atoms with Crippen molar-refractivity contribution in [2.24, 2.45) is 5.92 Å². The molecule has 0 aliphatic carbocycles. The van der Waals surface area contributed by atoms with E-state index in [-0.39, 0.29) is 29.6 Å². The molecular weight excluding hydrogens is 369 g/mol. The van der Waals surface area contributed by atoms with Crippen molar-refractivity contribution in [3.05, 3.63) is 59.1 Å². The third kappa shape index (κ3) is 3.83. The van der Waals surface area contributed by atoms with Gasteiger partial charge >= 0.3 is 6.18 Å². The molecule has 1 fully saturated rings. The van der Waals surface area contributed by atoms with Gasteiger partial charge in [0, 0.05) is 23.7 Å². The lowest BCUT2D eigenvalue weighted by atomic mass is 10.1. The fourth-order valence-corrected chi connectivity index (χ4v) is 3.01. The summed E-state index contributed by atoms with van der Waals surface area (Å²) in [5, 5.41) is 2.20. The van der Waals surface area contributed by atoms with Crippen molar-refractivity contribution in [2.45, 2.75) is 12.6 Å². The zero-order chi connectivity index (χ0) is 18.9. The van der Waals surface area contributed by atoms with E-state index < -0.39 is 23.6 Å². The molecule has 0 bridgehead atoms. The van der Waals surface area contributed by atoms with Crippen LogP contribution < -0.4 is 10.2 Å². The molecule has 1 aliphatic heterocycles. The Morgan fingerprint density at radius 1 is 1.15 bits per heavy atom. The maximum absolute atomic E-state index is 13.1. The van der Waals surface area contributed by atoms with E-state index in [1.807, 2.05) is 0 Å². The van der Waals surface area contributed by atoms with E-state index in [9.17, 15) is 22.8 Å². The van der Waals surface area contributed by atoms with Crippen molar-refractivity contribution in [3.8, 4) is 0 Å². The van der Waals surface area contributed by atoms with Crippen LogP contribution in [0.5, 0.6) is 0 Å². The van der Waals surface area contributed by atoms with Gasteiger partial charge in [0.2, 0.25) is 11.8 Å². The molecular formula is C18H14ClF3N2O2. The number of amides is 2. The number of nitrogens with zero attached hydrogens (tertiary/aromatic N) is 1. The zero-order valence-electron chi connectivity index (χ0n) is 13.4. The SMILES string of the molecule is O=C(Nc1ccc(Cl)cc1C(F)(F)F)[C@H]1CC(=O)N(c2ccccc2)C1. The van der Waals surface area contributed by atoms with Gasteiger partial charge in [0.25, 0.3) is 0 Å². The number of carbonyl (C=O) groups is 2. The molecule has 4 nitrogen and oxygen atoms in total. The summed E-state index contributed by atoms with van der Waals surface area (Å²) < 4.78 is 39.4. The van der Waals surface area contributed by atoms with Crippen molar-refractivity contribution >= 4 is 34.8 Å². The Kier molecular flexibility index (Phi) is 4.91. The molecule has 0 radical (unpaired) electrons. The molecule has 1 heterocycles. The molecule has 8 heteroatoms. The maximum atomic E-state index is 13.1. The molecule has 0 aromatic heterocycles. The van der Waals surface area contributed by atoms with Crippen LogP contribution >= 0.6 is 11.6 Å². The van der Waals surface area contributed by atoms with E-state index in [1.54, 1.807) is 30.3 Å². The standard InChI is InChI=1S/C18H14ClF3N2O2/c19-12-6-7-15(14(9-12)18(20,21)22)23-17(26)11-8-16(25)24(10-11)13-4-2-1-3-5-13/h1-7,9,11H,8,10H2,(H,23,26)/t11-/m0/s1. The van der Waals surface area contributed by atoms with Gasteiger partial charge in [-0.2, -0.15) is 13.2 Å². The summed E-state index contributed by atoms with van der Waals surface area (Å²) in [6.45, 7) is 0.115. The van der Waals surface area contributed by atoms with Gasteiger partial charge in [0.15, 0.2) is 0 Å². The predicted molar refractivity (Wildman–Crippen MR) is 92.0 cm³/mol. The van der Waals surface area contributed by atoms with Crippen LogP contribution in [0.25, 0.3) is 0 Å². The van der Waals surface area contributed by atoms with Crippen LogP contribution in [0.2, 0.25) is 5.02 Å². The van der Waals surface area contributed by atoms with E-state index in [0.717, 1.165) is 12.1 Å². The maximum Gasteiger partial charge on any atom is 0.418 e. The summed E-state index contributed by atoms with van der Waals surface area (Å²) in [6.07, 6.45) is -4.72. The topological polar surface area (TPSA) is 49.4 Å². The summed E-state index contributed by atoms with van der Waals surface area (Å²) in [5.74, 6) is -1.62. The molecule has 1 N–H and O–H groups in total. The van der Waals surface area contributed by atoms with Crippen molar-refractivity contribution in [1.29, 1.82) is 0 Å². The molecule has 0 spiro atoms. The lowest BCUT2D eigenvalue weighted by Crippen LogP contribution is -2.28. The van der Waals surface area contributed by atoms with Crippen LogP contribution in [0.3, 0.4) is 0 Å². The first-order valence-corrected chi connectivity index (χ1v) is 8.16. The monoisotopic (exact) mass is 382 g/mol. The van der Waals surface area contributed by atoms with Crippen LogP contribution in [0, 0.1) is 5.92 Å². The van der Waals surface area contributed by atoms with Crippen LogP contribution in [-0.4, -0.2) is 18.4 Å². The Bertz CT molecular complexity index is 840. The van der Waals surface area contributed by atoms with Gasteiger partial charge in [-0.05, 0) is 30.3 Å². The van der Waals surface area contributed by atoms with Gasteiger partial charge in [-0.25, -0.2) is 0 Å². The van der Waals surface area contributed by atoms with Gasteiger partial charge in [-0.3, -0.25) is 9.59 Å². The molecule has 2 aromatic carbocycles. The molecule has 1 saturated heterocycles. The fourth-order valence-electron chi connectivity index (χ4n) is 2.84. The normalized spacial score (nSPS) is 17.5. The number of hydrogen-bond acceptors (Lipinski definition) is 2. The van der Waals surface area contributed by atoms with Gasteiger partial charge in [0.05, 0.1) is 17.2 Å². The Balaban J connectivity index is 1.77. The van der Waals surface area contributed by atoms with Gasteiger partial charge in [-0.1, -0.05) is 29.8 Å². The Morgan fingerprint density at radius 3 is 2.50 bits per heavy atom. The van der Waals surface area contributed by atoms with E-state index in [4.69, 9.17) is 11.6 Å². The molecule has 136 valence electrons. The zero-order valence-corrected chi connectivity index (χ0v) is 14.1. The number of hydrogen-bond donors (Lipinski definition) is 1. The molecule has 2 aromatic rings. The third-order valence-corrected chi connectivity index (χ3v) is 4.34. The predicted octanol–water partition coefficient (Wildman–Crippen LogP) is 4.35. The second kappa shape index (κ2) is 6.99. The molecule has 1 atom stereocenters. The third-order valence-electron chi connectivity index (χ3n) is 4.11. The average Bonchev–Trinajstić information content (AvgIpc) is 2.98. The van der Waals surface area contributed by atoms with E-state index in [0.29, 0.717) is 5.69 Å². The number of nitrogens with one attached hydrogen (secondary N) is 1. The van der Waals surface area contributed by atoms with Crippen LogP contribution in [0.15, 0.2) is 48.5 Å². The molecule has 26 heavy (non-hydrogen) atoms. The highest BCUT2D eigenvalue weighted by atomic mass is 35.5. The summed E-state index contributed by atoms with van der Waals surface area (Å²) >= 11 is 5.63. The van der Waals surface area contributed by atoms with E-state index >= 15 is 0 Å². The molecule has 0 saturated carbocycles. The van der Waals surface area contributed by atoms with E-state index in [2.05, 4.69) is 5.32 Å². The lowest BCUT2D eigenvalue weighted by Gasteiger charge is -2.18. The Labute approximate surface area is 152 Å². The molecule has 3 rings (SSSR count). The minimum atomic E-state index is -4.66. The smallest absolute Gasteiger partial charge is 0.325 e. The van der Waals surface area contributed by atoms with Crippen molar-refractivity contribution < 1.29 is 22.8 Å². The Hall–Kier alpha value is -2.54. The number of benzene rings is 2. The quantitative estimate of drug-likeness (QED) is 0.858. The summed E-state index contributed by atoms with van der Waals surface area (Å²) in [4.78, 5) is 26.0. The molecule has 0 unspecified atom stereocenters. The van der Waals surface area contributed by atoms with Crippen LogP contribution in [-0.2, 0) is 15.8 Å². The highest BCUT2D eigenvalue weighted by Gasteiger charge is 2.37. The van der Waals surface area contributed by atoms with Gasteiger partial charge in [-0.15, -0.1) is 0 Å². The molecule has 1 aliphatic rings. The first-order chi connectivity index (χ1) is 12.3. The second-order valence-electron chi connectivity index (χ2n) is 5.92. The number of para-hydroxylation sites is 1. The number of rotatable bonds is 3. The van der Waals surface area contributed by atoms with Gasteiger partial charge in [0.1, 0.15) is 0 Å². The highest BCUT2D eigenvalue weighted by molar-refractivity contribution is 6.30. The highest BCUT2D eigenvalue weighted by Crippen LogP contribution is 2.37. The van der Waals surface area contributed by atoms with Gasteiger partial charge < -0.3 is 10.2 Å². The van der Waals surface area contributed by atoms with Crippen molar-refractivity contribution in [1.82, 2.24) is 0 Å². The Morgan fingerprint density at radius 2 is 1.85 bits per heavy atom. The van der Waals surface area contributed by atoms with E-state index in [1.165, 1.54) is 11.0 Å². The van der Waals surface area contributed by atoms with Crippen molar-refractivity contribution in [2.75, 3.05) is 16.8 Å². The number of carbonyl (C=O) groups excluding carboxylic acids is 2. The fraction of sp³-hybridized carbons (Fsp3) is 0.222. The number of alkyl halides is 3. The minimum absolute atomic E-state index is 0.0599. The summed E-state index contributed by atoms with van der Waals surface area (Å²) in [6, 6.07) is 11.9. The van der Waals surface area contributed by atoms with Crippen LogP contribution in [0.1, 0.15) is 12.0 Å². The van der Waals surface area contributed by atoms with Crippen molar-refractivity contribution in [3.63, 3.8) is 0 Å².